The number of methoxy groups -OCH3 is 1. The summed E-state index contributed by atoms with van der Waals surface area (Å²) in [6, 6.07) is 1.91. The summed E-state index contributed by atoms with van der Waals surface area (Å²) in [5.74, 6) is 0.572. The van der Waals surface area contributed by atoms with E-state index in [-0.39, 0.29) is 0 Å². The molecule has 3 nitrogen and oxygen atoms in total. The van der Waals surface area contributed by atoms with Crippen LogP contribution in [0.5, 0.6) is 5.88 Å². The molecule has 0 fully saturated rings. The molecular weight excluding hydrogens is 188 g/mol. The van der Waals surface area contributed by atoms with Crippen LogP contribution in [-0.4, -0.2) is 16.7 Å². The Balaban J connectivity index is 2.88. The van der Waals surface area contributed by atoms with Crippen molar-refractivity contribution in [2.24, 2.45) is 7.05 Å². The summed E-state index contributed by atoms with van der Waals surface area (Å²) in [7, 11) is 3.53. The minimum absolute atomic E-state index is 0.572. The molecule has 2 aromatic rings. The van der Waals surface area contributed by atoms with Crippen LogP contribution in [0.1, 0.15) is 0 Å². The molecule has 13 heavy (non-hydrogen) atoms. The molecule has 0 amide bonds. The van der Waals surface area contributed by atoms with Crippen LogP contribution in [0, 0.1) is 0 Å². The summed E-state index contributed by atoms with van der Waals surface area (Å²) in [5, 5.41) is 1.54. The van der Waals surface area contributed by atoms with Crippen LogP contribution in [0.3, 0.4) is 0 Å². The molecule has 0 aliphatic carbocycles. The van der Waals surface area contributed by atoms with Gasteiger partial charge in [0, 0.05) is 19.4 Å². The molecule has 2 heterocycles. The highest BCUT2D eigenvalue weighted by Gasteiger charge is 2.09. The first kappa shape index (κ1) is 8.38. The summed E-state index contributed by atoms with van der Waals surface area (Å²) in [6.07, 6.45) is 3.55. The maximum Gasteiger partial charge on any atom is 0.224 e. The zero-order chi connectivity index (χ0) is 9.42. The van der Waals surface area contributed by atoms with Gasteiger partial charge in [-0.05, 0) is 6.07 Å². The molecule has 4 heteroatoms. The molecule has 0 spiro atoms. The van der Waals surface area contributed by atoms with Gasteiger partial charge in [-0.25, -0.2) is 4.98 Å². The van der Waals surface area contributed by atoms with Crippen molar-refractivity contribution in [3.8, 4) is 5.88 Å². The fourth-order valence-corrected chi connectivity index (χ4v) is 1.73. The molecule has 0 aliphatic heterocycles. The Kier molecular flexibility index (Phi) is 1.88. The van der Waals surface area contributed by atoms with Gasteiger partial charge in [0.15, 0.2) is 0 Å². The molecule has 0 atom stereocenters. The zero-order valence-corrected chi connectivity index (χ0v) is 8.17. The number of aromatic nitrogens is 2. The second kappa shape index (κ2) is 2.92. The molecule has 2 rings (SSSR count). The van der Waals surface area contributed by atoms with Gasteiger partial charge >= 0.3 is 0 Å². The molecule has 0 aliphatic rings. The minimum atomic E-state index is 0.572. The topological polar surface area (TPSA) is 27.1 Å². The highest BCUT2D eigenvalue weighted by Crippen LogP contribution is 2.30. The first-order chi connectivity index (χ1) is 6.24. The molecule has 0 unspecified atom stereocenters. The van der Waals surface area contributed by atoms with E-state index in [4.69, 9.17) is 16.3 Å². The number of hydrogen-bond donors (Lipinski definition) is 0. The van der Waals surface area contributed by atoms with Crippen LogP contribution in [0.4, 0.5) is 0 Å². The van der Waals surface area contributed by atoms with Crippen LogP contribution in [0.15, 0.2) is 18.5 Å². The standard InChI is InChI=1S/C9H9ClN2O/c1-12-5-6(10)8-7(12)3-4-11-9(8)13-2/h3-5H,1-2H3. The molecular formula is C9H9ClN2O. The van der Waals surface area contributed by atoms with Gasteiger partial charge in [0.05, 0.1) is 23.0 Å². The average Bonchev–Trinajstić information content (AvgIpc) is 2.43. The number of fused-ring (bicyclic) bond motifs is 1. The Bertz CT molecular complexity index is 450. The Hall–Kier alpha value is -1.22. The van der Waals surface area contributed by atoms with Crippen molar-refractivity contribution < 1.29 is 4.74 Å². The quantitative estimate of drug-likeness (QED) is 0.700. The van der Waals surface area contributed by atoms with Crippen molar-refractivity contribution in [2.45, 2.75) is 0 Å². The van der Waals surface area contributed by atoms with Crippen molar-refractivity contribution in [3.63, 3.8) is 0 Å². The molecule has 68 valence electrons. The maximum atomic E-state index is 6.02. The second-order valence-corrected chi connectivity index (χ2v) is 3.21. The Morgan fingerprint density at radius 3 is 3.00 bits per heavy atom. The summed E-state index contributed by atoms with van der Waals surface area (Å²) >= 11 is 6.02. The van der Waals surface area contributed by atoms with Crippen LogP contribution in [0.2, 0.25) is 5.02 Å². The molecule has 0 saturated heterocycles. The normalized spacial score (nSPS) is 10.7. The van der Waals surface area contributed by atoms with Crippen molar-refractivity contribution in [1.82, 2.24) is 9.55 Å². The SMILES string of the molecule is COc1nccc2c1c(Cl)cn2C. The fourth-order valence-electron chi connectivity index (χ4n) is 1.41. The number of hydrogen-bond acceptors (Lipinski definition) is 2. The van der Waals surface area contributed by atoms with Crippen molar-refractivity contribution in [1.29, 1.82) is 0 Å². The van der Waals surface area contributed by atoms with E-state index in [1.807, 2.05) is 23.9 Å². The first-order valence-corrected chi connectivity index (χ1v) is 4.25. The number of halogens is 1. The van der Waals surface area contributed by atoms with E-state index in [2.05, 4.69) is 4.98 Å². The molecule has 0 saturated carbocycles. The van der Waals surface area contributed by atoms with Crippen LogP contribution in [0.25, 0.3) is 10.9 Å². The summed E-state index contributed by atoms with van der Waals surface area (Å²) < 4.78 is 7.06. The second-order valence-electron chi connectivity index (χ2n) is 2.80. The van der Waals surface area contributed by atoms with E-state index in [9.17, 15) is 0 Å². The van der Waals surface area contributed by atoms with E-state index in [0.717, 1.165) is 10.9 Å². The maximum absolute atomic E-state index is 6.02. The smallest absolute Gasteiger partial charge is 0.224 e. The average molecular weight is 197 g/mol. The van der Waals surface area contributed by atoms with E-state index in [0.29, 0.717) is 10.9 Å². The summed E-state index contributed by atoms with van der Waals surface area (Å²) in [4.78, 5) is 4.08. The lowest BCUT2D eigenvalue weighted by molar-refractivity contribution is 0.403. The summed E-state index contributed by atoms with van der Waals surface area (Å²) in [6.45, 7) is 0. The lowest BCUT2D eigenvalue weighted by Gasteiger charge is -2.00. The zero-order valence-electron chi connectivity index (χ0n) is 7.41. The van der Waals surface area contributed by atoms with E-state index < -0.39 is 0 Å². The van der Waals surface area contributed by atoms with Gasteiger partial charge in [0.25, 0.3) is 0 Å². The molecule has 0 bridgehead atoms. The number of pyridine rings is 1. The number of aryl methyl sites for hydroxylation is 1. The van der Waals surface area contributed by atoms with Gasteiger partial charge in [-0.3, -0.25) is 0 Å². The molecule has 0 radical (unpaired) electrons. The van der Waals surface area contributed by atoms with E-state index >= 15 is 0 Å². The van der Waals surface area contributed by atoms with E-state index in [1.165, 1.54) is 0 Å². The monoisotopic (exact) mass is 196 g/mol. The third-order valence-electron chi connectivity index (χ3n) is 2.01. The Morgan fingerprint density at radius 2 is 2.31 bits per heavy atom. The van der Waals surface area contributed by atoms with Crippen molar-refractivity contribution in [3.05, 3.63) is 23.5 Å². The minimum Gasteiger partial charge on any atom is -0.480 e. The highest BCUT2D eigenvalue weighted by atomic mass is 35.5. The highest BCUT2D eigenvalue weighted by molar-refractivity contribution is 6.36. The van der Waals surface area contributed by atoms with Gasteiger partial charge < -0.3 is 9.30 Å². The molecule has 2 aromatic heterocycles. The fraction of sp³-hybridized carbons (Fsp3) is 0.222. The number of ether oxygens (including phenoxy) is 1. The predicted molar refractivity (Wildman–Crippen MR) is 52.3 cm³/mol. The van der Waals surface area contributed by atoms with Gasteiger partial charge in [-0.1, -0.05) is 11.6 Å². The largest absolute Gasteiger partial charge is 0.480 e. The van der Waals surface area contributed by atoms with Crippen LogP contribution < -0.4 is 4.74 Å². The third kappa shape index (κ3) is 1.16. The number of rotatable bonds is 1. The van der Waals surface area contributed by atoms with Crippen LogP contribution >= 0.6 is 11.6 Å². The van der Waals surface area contributed by atoms with Crippen molar-refractivity contribution >= 4 is 22.5 Å². The number of nitrogens with zero attached hydrogens (tertiary/aromatic N) is 2. The Labute approximate surface area is 80.9 Å². The summed E-state index contributed by atoms with van der Waals surface area (Å²) in [5.41, 5.74) is 1.02. The van der Waals surface area contributed by atoms with Crippen LogP contribution in [-0.2, 0) is 7.05 Å². The Morgan fingerprint density at radius 1 is 1.54 bits per heavy atom. The lowest BCUT2D eigenvalue weighted by atomic mass is 10.3. The first-order valence-electron chi connectivity index (χ1n) is 3.87. The molecule has 0 aromatic carbocycles. The predicted octanol–water partition coefficient (Wildman–Crippen LogP) is 2.24. The molecule has 0 N–H and O–H groups in total. The van der Waals surface area contributed by atoms with Gasteiger partial charge in [-0.15, -0.1) is 0 Å². The van der Waals surface area contributed by atoms with Crippen molar-refractivity contribution in [2.75, 3.05) is 7.11 Å². The van der Waals surface area contributed by atoms with Gasteiger partial charge in [-0.2, -0.15) is 0 Å². The lowest BCUT2D eigenvalue weighted by Crippen LogP contribution is -1.89. The van der Waals surface area contributed by atoms with Gasteiger partial charge in [0.1, 0.15) is 0 Å². The third-order valence-corrected chi connectivity index (χ3v) is 2.30. The van der Waals surface area contributed by atoms with Gasteiger partial charge in [0.2, 0.25) is 5.88 Å². The van der Waals surface area contributed by atoms with E-state index in [1.54, 1.807) is 13.3 Å².